The van der Waals surface area contributed by atoms with E-state index in [4.69, 9.17) is 4.74 Å². The fraction of sp³-hybridized carbons (Fsp3) is 0.375. The SMILES string of the molecule is CCOC(C)(c1ccc(-c2ccc3cccnc3c2)cc1)C1CCNCC1. The molecule has 4 rings (SSSR count). The molecule has 1 atom stereocenters. The number of aromatic nitrogens is 1. The third-order valence-corrected chi connectivity index (χ3v) is 5.96. The van der Waals surface area contributed by atoms with Crippen LogP contribution >= 0.6 is 0 Å². The zero-order valence-corrected chi connectivity index (χ0v) is 16.2. The molecule has 1 aromatic heterocycles. The zero-order chi connectivity index (χ0) is 18.7. The van der Waals surface area contributed by atoms with Gasteiger partial charge in [0.25, 0.3) is 0 Å². The second-order valence-electron chi connectivity index (χ2n) is 7.55. The lowest BCUT2D eigenvalue weighted by Gasteiger charge is -2.40. The van der Waals surface area contributed by atoms with E-state index in [1.54, 1.807) is 0 Å². The molecule has 3 heteroatoms. The molecule has 1 unspecified atom stereocenters. The lowest BCUT2D eigenvalue weighted by Crippen LogP contribution is -2.41. The summed E-state index contributed by atoms with van der Waals surface area (Å²) in [5.74, 6) is 0.550. The standard InChI is InChI=1S/C24H28N2O/c1-3-27-24(2,22-12-15-25-16-13-22)21-10-8-18(9-11-21)20-7-6-19-5-4-14-26-23(19)17-20/h4-11,14,17,22,25H,3,12-13,15-16H2,1-2H3. The molecule has 1 fully saturated rings. The molecule has 1 aliphatic heterocycles. The highest BCUT2D eigenvalue weighted by molar-refractivity contribution is 5.84. The molecule has 0 radical (unpaired) electrons. The highest BCUT2D eigenvalue weighted by Gasteiger charge is 2.37. The fourth-order valence-electron chi connectivity index (χ4n) is 4.35. The third kappa shape index (κ3) is 3.62. The second kappa shape index (κ2) is 7.79. The molecule has 0 bridgehead atoms. The van der Waals surface area contributed by atoms with Crippen LogP contribution in [-0.4, -0.2) is 24.7 Å². The van der Waals surface area contributed by atoms with E-state index in [0.29, 0.717) is 5.92 Å². The molecule has 27 heavy (non-hydrogen) atoms. The lowest BCUT2D eigenvalue weighted by atomic mass is 9.77. The molecule has 1 N–H and O–H groups in total. The van der Waals surface area contributed by atoms with Crippen LogP contribution in [0.4, 0.5) is 0 Å². The summed E-state index contributed by atoms with van der Waals surface area (Å²) in [6.07, 6.45) is 4.17. The van der Waals surface area contributed by atoms with Gasteiger partial charge in [-0.15, -0.1) is 0 Å². The Hall–Kier alpha value is -2.23. The van der Waals surface area contributed by atoms with Crippen molar-refractivity contribution in [1.29, 1.82) is 0 Å². The van der Waals surface area contributed by atoms with Crippen molar-refractivity contribution in [3.63, 3.8) is 0 Å². The van der Waals surface area contributed by atoms with Crippen molar-refractivity contribution in [2.45, 2.75) is 32.3 Å². The summed E-state index contributed by atoms with van der Waals surface area (Å²) in [6, 6.07) is 19.5. The van der Waals surface area contributed by atoms with Crippen LogP contribution in [-0.2, 0) is 10.3 Å². The van der Waals surface area contributed by atoms with Gasteiger partial charge in [-0.3, -0.25) is 4.98 Å². The molecule has 3 nitrogen and oxygen atoms in total. The van der Waals surface area contributed by atoms with Crippen molar-refractivity contribution >= 4 is 10.9 Å². The number of pyridine rings is 1. The summed E-state index contributed by atoms with van der Waals surface area (Å²) in [7, 11) is 0. The first-order valence-corrected chi connectivity index (χ1v) is 10.0. The van der Waals surface area contributed by atoms with Crippen molar-refractivity contribution in [3.05, 3.63) is 66.4 Å². The van der Waals surface area contributed by atoms with E-state index in [2.05, 4.69) is 72.7 Å². The Morgan fingerprint density at radius 2 is 1.78 bits per heavy atom. The van der Waals surface area contributed by atoms with Crippen LogP contribution in [0, 0.1) is 5.92 Å². The van der Waals surface area contributed by atoms with E-state index in [1.807, 2.05) is 12.3 Å². The summed E-state index contributed by atoms with van der Waals surface area (Å²) in [6.45, 7) is 7.25. The lowest BCUT2D eigenvalue weighted by molar-refractivity contribution is -0.0827. The van der Waals surface area contributed by atoms with Crippen molar-refractivity contribution in [2.75, 3.05) is 19.7 Å². The van der Waals surface area contributed by atoms with Crippen molar-refractivity contribution in [3.8, 4) is 11.1 Å². The molecule has 0 saturated carbocycles. The second-order valence-corrected chi connectivity index (χ2v) is 7.55. The van der Waals surface area contributed by atoms with Gasteiger partial charge < -0.3 is 10.1 Å². The monoisotopic (exact) mass is 360 g/mol. The van der Waals surface area contributed by atoms with Gasteiger partial charge in [-0.05, 0) is 74.5 Å². The minimum absolute atomic E-state index is 0.222. The molecule has 0 spiro atoms. The maximum absolute atomic E-state index is 6.32. The Labute approximate surface area is 161 Å². The summed E-state index contributed by atoms with van der Waals surface area (Å²) in [5, 5.41) is 4.64. The summed E-state index contributed by atoms with van der Waals surface area (Å²) < 4.78 is 6.32. The molecule has 0 amide bonds. The maximum atomic E-state index is 6.32. The van der Waals surface area contributed by atoms with E-state index < -0.39 is 0 Å². The number of nitrogens with one attached hydrogen (secondary N) is 1. The predicted octanol–water partition coefficient (Wildman–Crippen LogP) is 5.15. The number of hydrogen-bond donors (Lipinski definition) is 1. The molecule has 1 saturated heterocycles. The van der Waals surface area contributed by atoms with E-state index >= 15 is 0 Å². The number of benzene rings is 2. The van der Waals surface area contributed by atoms with Crippen molar-refractivity contribution in [1.82, 2.24) is 10.3 Å². The van der Waals surface area contributed by atoms with Gasteiger partial charge in [-0.25, -0.2) is 0 Å². The average Bonchev–Trinajstić information content (AvgIpc) is 2.74. The Bertz CT molecular complexity index is 900. The van der Waals surface area contributed by atoms with E-state index in [-0.39, 0.29) is 5.60 Å². The molecule has 3 aromatic rings. The largest absolute Gasteiger partial charge is 0.371 e. The van der Waals surface area contributed by atoms with Crippen LogP contribution < -0.4 is 5.32 Å². The molecular weight excluding hydrogens is 332 g/mol. The summed E-state index contributed by atoms with van der Waals surface area (Å²) >= 11 is 0. The van der Waals surface area contributed by atoms with Gasteiger partial charge >= 0.3 is 0 Å². The van der Waals surface area contributed by atoms with Crippen LogP contribution in [0.3, 0.4) is 0 Å². The Morgan fingerprint density at radius 3 is 2.52 bits per heavy atom. The molecule has 140 valence electrons. The van der Waals surface area contributed by atoms with Crippen LogP contribution in [0.5, 0.6) is 0 Å². The van der Waals surface area contributed by atoms with Gasteiger partial charge in [-0.2, -0.15) is 0 Å². The normalized spacial score (nSPS) is 17.7. The number of fused-ring (bicyclic) bond motifs is 1. The Kier molecular flexibility index (Phi) is 5.24. The van der Waals surface area contributed by atoms with Crippen molar-refractivity contribution < 1.29 is 4.74 Å². The van der Waals surface area contributed by atoms with Crippen LogP contribution in [0.2, 0.25) is 0 Å². The van der Waals surface area contributed by atoms with Gasteiger partial charge in [0.1, 0.15) is 0 Å². The van der Waals surface area contributed by atoms with Crippen LogP contribution in [0.1, 0.15) is 32.3 Å². The summed E-state index contributed by atoms with van der Waals surface area (Å²) in [5.41, 5.74) is 4.51. The van der Waals surface area contributed by atoms with Gasteiger partial charge in [-0.1, -0.05) is 42.5 Å². The molecule has 0 aliphatic carbocycles. The number of ether oxygens (including phenoxy) is 1. The first-order valence-electron chi connectivity index (χ1n) is 10.0. The Balaban J connectivity index is 1.64. The molecule has 1 aliphatic rings. The van der Waals surface area contributed by atoms with Gasteiger partial charge in [0.2, 0.25) is 0 Å². The number of nitrogens with zero attached hydrogens (tertiary/aromatic N) is 1. The predicted molar refractivity (Wildman–Crippen MR) is 112 cm³/mol. The topological polar surface area (TPSA) is 34.1 Å². The molecular formula is C24H28N2O. The van der Waals surface area contributed by atoms with Gasteiger partial charge in [0.15, 0.2) is 0 Å². The van der Waals surface area contributed by atoms with Crippen LogP contribution in [0.25, 0.3) is 22.0 Å². The van der Waals surface area contributed by atoms with E-state index in [9.17, 15) is 0 Å². The van der Waals surface area contributed by atoms with E-state index in [0.717, 1.165) is 38.1 Å². The first kappa shape index (κ1) is 18.1. The maximum Gasteiger partial charge on any atom is 0.0932 e. The Morgan fingerprint density at radius 1 is 1.04 bits per heavy atom. The average molecular weight is 361 g/mol. The minimum Gasteiger partial charge on any atom is -0.371 e. The van der Waals surface area contributed by atoms with E-state index in [1.165, 1.54) is 22.1 Å². The summed E-state index contributed by atoms with van der Waals surface area (Å²) in [4.78, 5) is 4.48. The van der Waals surface area contributed by atoms with Gasteiger partial charge in [0, 0.05) is 18.2 Å². The number of piperidine rings is 1. The fourth-order valence-corrected chi connectivity index (χ4v) is 4.35. The quantitative estimate of drug-likeness (QED) is 0.683. The van der Waals surface area contributed by atoms with Crippen LogP contribution in [0.15, 0.2) is 60.8 Å². The van der Waals surface area contributed by atoms with Crippen molar-refractivity contribution in [2.24, 2.45) is 5.92 Å². The zero-order valence-electron chi connectivity index (χ0n) is 16.2. The number of hydrogen-bond acceptors (Lipinski definition) is 3. The molecule has 2 aromatic carbocycles. The highest BCUT2D eigenvalue weighted by atomic mass is 16.5. The smallest absolute Gasteiger partial charge is 0.0932 e. The third-order valence-electron chi connectivity index (χ3n) is 5.96. The van der Waals surface area contributed by atoms with Gasteiger partial charge in [0.05, 0.1) is 11.1 Å². The minimum atomic E-state index is -0.222. The molecule has 2 heterocycles. The number of rotatable bonds is 5. The first-order chi connectivity index (χ1) is 13.2. The highest BCUT2D eigenvalue weighted by Crippen LogP contribution is 2.39.